The fourth-order valence-corrected chi connectivity index (χ4v) is 1.84. The number of ether oxygens (including phenoxy) is 1. The predicted octanol–water partition coefficient (Wildman–Crippen LogP) is 0.494. The molecule has 0 amide bonds. The van der Waals surface area contributed by atoms with Gasteiger partial charge in [0.15, 0.2) is 0 Å². The molecule has 1 aliphatic rings. The minimum absolute atomic E-state index is 0.320. The number of aliphatic imine (C=N–C) groups is 1. The zero-order chi connectivity index (χ0) is 11.7. The second kappa shape index (κ2) is 4.12. The third-order valence-electron chi connectivity index (χ3n) is 2.62. The first-order valence-corrected chi connectivity index (χ1v) is 4.96. The molecule has 1 aliphatic heterocycles. The highest BCUT2D eigenvalue weighted by Crippen LogP contribution is 2.37. The van der Waals surface area contributed by atoms with Gasteiger partial charge >= 0.3 is 7.12 Å². The van der Waals surface area contributed by atoms with E-state index in [-0.39, 0.29) is 0 Å². The molecule has 1 aromatic carbocycles. The van der Waals surface area contributed by atoms with Gasteiger partial charge in [0, 0.05) is 17.4 Å². The summed E-state index contributed by atoms with van der Waals surface area (Å²) in [5.74, 6) is 0.669. The average molecular weight is 217 g/mol. The highest BCUT2D eigenvalue weighted by atomic mass is 16.5. The fourth-order valence-electron chi connectivity index (χ4n) is 1.84. The van der Waals surface area contributed by atoms with Crippen LogP contribution in [0.5, 0.6) is 5.75 Å². The van der Waals surface area contributed by atoms with Gasteiger partial charge in [-0.1, -0.05) is 12.6 Å². The van der Waals surface area contributed by atoms with E-state index in [2.05, 4.69) is 18.3 Å². The van der Waals surface area contributed by atoms with Crippen LogP contribution >= 0.6 is 0 Å². The molecule has 0 fully saturated rings. The third kappa shape index (κ3) is 1.64. The maximum absolute atomic E-state index is 9.22. The van der Waals surface area contributed by atoms with Gasteiger partial charge in [0.2, 0.25) is 0 Å². The van der Waals surface area contributed by atoms with Crippen LogP contribution in [0.25, 0.3) is 5.57 Å². The van der Waals surface area contributed by atoms with E-state index in [0.717, 1.165) is 11.1 Å². The molecule has 0 unspecified atom stereocenters. The number of nitrogens with zero attached hydrogens (tertiary/aromatic N) is 1. The molecule has 4 nitrogen and oxygen atoms in total. The van der Waals surface area contributed by atoms with Crippen LogP contribution in [0.15, 0.2) is 23.7 Å². The lowest BCUT2D eigenvalue weighted by molar-refractivity contribution is 0.317. The van der Waals surface area contributed by atoms with Gasteiger partial charge in [0.05, 0.1) is 12.3 Å². The van der Waals surface area contributed by atoms with Gasteiger partial charge in [-0.25, -0.2) is 0 Å². The van der Waals surface area contributed by atoms with E-state index in [4.69, 9.17) is 4.74 Å². The van der Waals surface area contributed by atoms with Gasteiger partial charge in [0.1, 0.15) is 5.75 Å². The molecule has 0 saturated carbocycles. The van der Waals surface area contributed by atoms with E-state index < -0.39 is 7.12 Å². The third-order valence-corrected chi connectivity index (χ3v) is 2.62. The van der Waals surface area contributed by atoms with E-state index in [0.29, 0.717) is 29.9 Å². The minimum atomic E-state index is -1.57. The zero-order valence-corrected chi connectivity index (χ0v) is 8.81. The minimum Gasteiger partial charge on any atom is -0.493 e. The lowest BCUT2D eigenvalue weighted by Crippen LogP contribution is -2.31. The Bertz CT molecular complexity index is 457. The van der Waals surface area contributed by atoms with E-state index in [9.17, 15) is 10.0 Å². The van der Waals surface area contributed by atoms with Crippen LogP contribution in [0.4, 0.5) is 5.69 Å². The average Bonchev–Trinajstić information content (AvgIpc) is 2.27. The molecule has 1 aromatic rings. The van der Waals surface area contributed by atoms with Crippen LogP contribution in [0, 0.1) is 0 Å². The Balaban J connectivity index is 2.67. The second-order valence-corrected chi connectivity index (χ2v) is 3.61. The van der Waals surface area contributed by atoms with Crippen molar-refractivity contribution in [1.82, 2.24) is 0 Å². The van der Waals surface area contributed by atoms with Crippen LogP contribution in [-0.2, 0) is 0 Å². The summed E-state index contributed by atoms with van der Waals surface area (Å²) in [6, 6.07) is 3.27. The van der Waals surface area contributed by atoms with E-state index in [1.165, 1.54) is 0 Å². The Morgan fingerprint density at radius 1 is 1.38 bits per heavy atom. The summed E-state index contributed by atoms with van der Waals surface area (Å²) in [5, 5.41) is 18.4. The Labute approximate surface area is 94.1 Å². The molecule has 0 aromatic heterocycles. The summed E-state index contributed by atoms with van der Waals surface area (Å²) in [4.78, 5) is 3.84. The highest BCUT2D eigenvalue weighted by molar-refractivity contribution is 6.60. The van der Waals surface area contributed by atoms with Crippen LogP contribution in [0.1, 0.15) is 12.0 Å². The van der Waals surface area contributed by atoms with Gasteiger partial charge in [0.25, 0.3) is 0 Å². The summed E-state index contributed by atoms with van der Waals surface area (Å²) < 4.78 is 5.46. The number of fused-ring (bicyclic) bond motifs is 1. The standard InChI is InChI=1S/C11H12BNO3/c1-7-5-6-16-9-4-3-8(12(14)15)11(13-2)10(7)9/h3-4,14-15H,1-2,5-6H2. The fraction of sp³-hybridized carbons (Fsp3) is 0.182. The number of hydrogen-bond acceptors (Lipinski definition) is 4. The van der Waals surface area contributed by atoms with Crippen molar-refractivity contribution in [3.8, 4) is 5.75 Å². The Kier molecular flexibility index (Phi) is 2.81. The summed E-state index contributed by atoms with van der Waals surface area (Å²) in [6.07, 6.45) is 0.709. The Morgan fingerprint density at radius 3 is 2.75 bits per heavy atom. The molecule has 16 heavy (non-hydrogen) atoms. The van der Waals surface area contributed by atoms with Crippen molar-refractivity contribution < 1.29 is 14.8 Å². The molecule has 0 spiro atoms. The molecule has 0 atom stereocenters. The first-order valence-electron chi connectivity index (χ1n) is 4.96. The van der Waals surface area contributed by atoms with Crippen molar-refractivity contribution in [3.63, 3.8) is 0 Å². The van der Waals surface area contributed by atoms with Crippen molar-refractivity contribution in [3.05, 3.63) is 24.3 Å². The van der Waals surface area contributed by atoms with Crippen LogP contribution in [0.3, 0.4) is 0 Å². The van der Waals surface area contributed by atoms with Crippen molar-refractivity contribution in [1.29, 1.82) is 0 Å². The topological polar surface area (TPSA) is 62.1 Å². The number of hydrogen-bond donors (Lipinski definition) is 2. The highest BCUT2D eigenvalue weighted by Gasteiger charge is 2.24. The van der Waals surface area contributed by atoms with Crippen molar-refractivity contribution in [2.75, 3.05) is 6.61 Å². The van der Waals surface area contributed by atoms with Gasteiger partial charge in [-0.15, -0.1) is 0 Å². The molecule has 1 heterocycles. The van der Waals surface area contributed by atoms with Gasteiger partial charge in [-0.2, -0.15) is 0 Å². The summed E-state index contributed by atoms with van der Waals surface area (Å²) >= 11 is 0. The molecule has 5 heteroatoms. The first-order chi connectivity index (χ1) is 7.65. The van der Waals surface area contributed by atoms with Crippen molar-refractivity contribution in [2.45, 2.75) is 6.42 Å². The number of benzene rings is 1. The Morgan fingerprint density at radius 2 is 2.12 bits per heavy atom. The number of rotatable bonds is 2. The summed E-state index contributed by atoms with van der Waals surface area (Å²) in [6.45, 7) is 7.97. The summed E-state index contributed by atoms with van der Waals surface area (Å²) in [5.41, 5.74) is 2.37. The lowest BCUT2D eigenvalue weighted by Gasteiger charge is -2.22. The van der Waals surface area contributed by atoms with Gasteiger partial charge < -0.3 is 14.8 Å². The smallest absolute Gasteiger partial charge is 0.490 e. The van der Waals surface area contributed by atoms with E-state index in [1.807, 2.05) is 0 Å². The molecule has 2 N–H and O–H groups in total. The predicted molar refractivity (Wildman–Crippen MR) is 64.6 cm³/mol. The normalized spacial score (nSPS) is 14.0. The van der Waals surface area contributed by atoms with Crippen LogP contribution in [-0.4, -0.2) is 30.5 Å². The van der Waals surface area contributed by atoms with Crippen LogP contribution < -0.4 is 10.2 Å². The van der Waals surface area contributed by atoms with Crippen molar-refractivity contribution >= 4 is 30.6 Å². The molecule has 0 aliphatic carbocycles. The van der Waals surface area contributed by atoms with Gasteiger partial charge in [-0.05, 0) is 18.4 Å². The monoisotopic (exact) mass is 217 g/mol. The molecule has 0 bridgehead atoms. The largest absolute Gasteiger partial charge is 0.493 e. The molecular formula is C11H12BNO3. The van der Waals surface area contributed by atoms with Crippen LogP contribution in [0.2, 0.25) is 0 Å². The molecule has 0 radical (unpaired) electrons. The van der Waals surface area contributed by atoms with Crippen molar-refractivity contribution in [2.24, 2.45) is 4.99 Å². The molecule has 0 saturated heterocycles. The first kappa shape index (κ1) is 10.9. The van der Waals surface area contributed by atoms with E-state index >= 15 is 0 Å². The second-order valence-electron chi connectivity index (χ2n) is 3.61. The SMILES string of the molecule is C=Nc1c(B(O)O)ccc2c1C(=C)CCO2. The lowest BCUT2D eigenvalue weighted by atomic mass is 9.76. The zero-order valence-electron chi connectivity index (χ0n) is 8.81. The summed E-state index contributed by atoms with van der Waals surface area (Å²) in [7, 11) is -1.57. The molecule has 82 valence electrons. The Hall–Kier alpha value is -1.59. The maximum Gasteiger partial charge on any atom is 0.490 e. The van der Waals surface area contributed by atoms with Gasteiger partial charge in [-0.3, -0.25) is 4.99 Å². The molecular weight excluding hydrogens is 205 g/mol. The van der Waals surface area contributed by atoms with E-state index in [1.54, 1.807) is 12.1 Å². The quantitative estimate of drug-likeness (QED) is 0.559. The molecule has 2 rings (SSSR count). The maximum atomic E-state index is 9.22.